The van der Waals surface area contributed by atoms with Gasteiger partial charge in [-0.2, -0.15) is 0 Å². The fourth-order valence-electron chi connectivity index (χ4n) is 4.50. The lowest BCUT2D eigenvalue weighted by atomic mass is 10.0. The van der Waals surface area contributed by atoms with Crippen molar-refractivity contribution in [1.29, 1.82) is 0 Å². The van der Waals surface area contributed by atoms with Crippen LogP contribution in [0.5, 0.6) is 0 Å². The summed E-state index contributed by atoms with van der Waals surface area (Å²) in [6.07, 6.45) is 24.9. The second-order valence-corrected chi connectivity index (χ2v) is 10.7. The van der Waals surface area contributed by atoms with Crippen molar-refractivity contribution in [2.75, 3.05) is 54.4 Å². The molecule has 1 amide bonds. The van der Waals surface area contributed by atoms with E-state index in [4.69, 9.17) is 0 Å². The first kappa shape index (κ1) is 32.4. The van der Waals surface area contributed by atoms with Crippen molar-refractivity contribution >= 4 is 5.91 Å². The van der Waals surface area contributed by atoms with Crippen LogP contribution in [0.2, 0.25) is 0 Å². The minimum atomic E-state index is 0.373. The van der Waals surface area contributed by atoms with Crippen molar-refractivity contribution in [2.24, 2.45) is 0 Å². The Kier molecular flexibility index (Phi) is 24.1. The molecule has 0 radical (unpaired) electrons. The van der Waals surface area contributed by atoms with Gasteiger partial charge < -0.3 is 14.7 Å². The van der Waals surface area contributed by atoms with E-state index in [9.17, 15) is 4.79 Å². The van der Waals surface area contributed by atoms with Crippen molar-refractivity contribution in [2.45, 2.75) is 129 Å². The minimum Gasteiger partial charge on any atom is -0.343 e. The Morgan fingerprint density at radius 2 is 0.788 bits per heavy atom. The smallest absolute Gasteiger partial charge is 0.222 e. The van der Waals surface area contributed by atoms with Gasteiger partial charge in [0.25, 0.3) is 0 Å². The fraction of sp³-hybridized carbons (Fsp3) is 0.966. The molecule has 0 unspecified atom stereocenters. The maximum Gasteiger partial charge on any atom is 0.222 e. The first-order chi connectivity index (χ1) is 16.0. The van der Waals surface area contributed by atoms with Gasteiger partial charge in [0.2, 0.25) is 5.91 Å². The molecule has 0 aromatic carbocycles. The highest BCUT2D eigenvalue weighted by atomic mass is 16.2. The van der Waals surface area contributed by atoms with E-state index >= 15 is 0 Å². The summed E-state index contributed by atoms with van der Waals surface area (Å²) >= 11 is 0. The molecule has 0 N–H and O–H groups in total. The molecular weight excluding hydrogens is 406 g/mol. The van der Waals surface area contributed by atoms with E-state index in [1.54, 1.807) is 0 Å². The van der Waals surface area contributed by atoms with E-state index < -0.39 is 0 Å². The maximum absolute atomic E-state index is 12.7. The van der Waals surface area contributed by atoms with Gasteiger partial charge in [0.05, 0.1) is 0 Å². The zero-order chi connectivity index (χ0) is 24.6. The predicted octanol–water partition coefficient (Wildman–Crippen LogP) is 7.37. The second kappa shape index (κ2) is 24.5. The third-order valence-electron chi connectivity index (χ3n) is 6.66. The van der Waals surface area contributed by atoms with Crippen LogP contribution in [-0.4, -0.2) is 75.0 Å². The van der Waals surface area contributed by atoms with E-state index in [1.165, 1.54) is 96.3 Å². The number of nitrogens with zero attached hydrogens (tertiary/aromatic N) is 3. The molecule has 0 aliphatic carbocycles. The van der Waals surface area contributed by atoms with Gasteiger partial charge in [-0.3, -0.25) is 4.79 Å². The average Bonchev–Trinajstić information content (AvgIpc) is 2.77. The molecular formula is C29H61N3O. The summed E-state index contributed by atoms with van der Waals surface area (Å²) < 4.78 is 0. The molecule has 4 nitrogen and oxygen atoms in total. The van der Waals surface area contributed by atoms with Crippen molar-refractivity contribution in [3.05, 3.63) is 0 Å². The normalized spacial score (nSPS) is 11.6. The van der Waals surface area contributed by atoms with Crippen LogP contribution in [0.1, 0.15) is 129 Å². The minimum absolute atomic E-state index is 0.373. The summed E-state index contributed by atoms with van der Waals surface area (Å²) in [7, 11) is 8.42. The number of carbonyl (C=O) groups excluding carboxylic acids is 1. The Hall–Kier alpha value is -0.610. The first-order valence-corrected chi connectivity index (χ1v) is 14.5. The molecule has 0 heterocycles. The summed E-state index contributed by atoms with van der Waals surface area (Å²) in [5.74, 6) is 0.373. The van der Waals surface area contributed by atoms with E-state index in [0.717, 1.165) is 51.9 Å². The molecule has 0 aliphatic rings. The highest BCUT2D eigenvalue weighted by Crippen LogP contribution is 2.14. The van der Waals surface area contributed by atoms with Crippen LogP contribution in [0.15, 0.2) is 0 Å². The molecule has 0 bridgehead atoms. The van der Waals surface area contributed by atoms with Gasteiger partial charge in [0, 0.05) is 19.5 Å². The van der Waals surface area contributed by atoms with Gasteiger partial charge in [-0.25, -0.2) is 0 Å². The topological polar surface area (TPSA) is 26.8 Å². The molecule has 33 heavy (non-hydrogen) atoms. The summed E-state index contributed by atoms with van der Waals surface area (Å²) in [5, 5.41) is 0. The molecule has 4 heteroatoms. The van der Waals surface area contributed by atoms with Crippen molar-refractivity contribution in [1.82, 2.24) is 14.7 Å². The molecule has 0 saturated heterocycles. The third-order valence-corrected chi connectivity index (χ3v) is 6.66. The van der Waals surface area contributed by atoms with Crippen LogP contribution in [0.3, 0.4) is 0 Å². The standard InChI is InChI=1S/C29H61N3O/c1-6-7-8-9-10-11-12-13-14-15-16-17-18-19-20-21-24-29(33)32(27-22-25-30(2)3)28-23-26-31(4)5/h6-28H2,1-5H3. The van der Waals surface area contributed by atoms with Crippen LogP contribution in [0, 0.1) is 0 Å². The first-order valence-electron chi connectivity index (χ1n) is 14.5. The molecule has 0 aromatic heterocycles. The second-order valence-electron chi connectivity index (χ2n) is 10.7. The Morgan fingerprint density at radius 1 is 0.455 bits per heavy atom. The van der Waals surface area contributed by atoms with Gasteiger partial charge in [0.15, 0.2) is 0 Å². The SMILES string of the molecule is CCCCCCCCCCCCCCCCCCC(=O)N(CCCN(C)C)CCCN(C)C. The van der Waals surface area contributed by atoms with E-state index in [1.807, 2.05) is 0 Å². The van der Waals surface area contributed by atoms with Crippen molar-refractivity contribution < 1.29 is 4.79 Å². The number of carbonyl (C=O) groups is 1. The largest absolute Gasteiger partial charge is 0.343 e. The highest BCUT2D eigenvalue weighted by Gasteiger charge is 2.13. The predicted molar refractivity (Wildman–Crippen MR) is 147 cm³/mol. The van der Waals surface area contributed by atoms with E-state index in [-0.39, 0.29) is 0 Å². The third kappa shape index (κ3) is 24.3. The fourth-order valence-corrected chi connectivity index (χ4v) is 4.50. The van der Waals surface area contributed by atoms with Crippen LogP contribution < -0.4 is 0 Å². The van der Waals surface area contributed by atoms with Crippen LogP contribution in [-0.2, 0) is 4.79 Å². The molecule has 0 aliphatic heterocycles. The zero-order valence-corrected chi connectivity index (χ0v) is 23.5. The number of rotatable bonds is 25. The van der Waals surface area contributed by atoms with E-state index in [0.29, 0.717) is 5.91 Å². The number of unbranched alkanes of at least 4 members (excludes halogenated alkanes) is 15. The van der Waals surface area contributed by atoms with Crippen LogP contribution in [0.25, 0.3) is 0 Å². The van der Waals surface area contributed by atoms with E-state index in [2.05, 4.69) is 49.8 Å². The molecule has 198 valence electrons. The molecule has 0 aromatic rings. The lowest BCUT2D eigenvalue weighted by Gasteiger charge is -2.24. The highest BCUT2D eigenvalue weighted by molar-refractivity contribution is 5.76. The van der Waals surface area contributed by atoms with Gasteiger partial charge in [-0.1, -0.05) is 103 Å². The Balaban J connectivity index is 3.65. The molecule has 0 spiro atoms. The maximum atomic E-state index is 12.7. The van der Waals surface area contributed by atoms with Crippen molar-refractivity contribution in [3.8, 4) is 0 Å². The summed E-state index contributed by atoms with van der Waals surface area (Å²) in [5.41, 5.74) is 0. The lowest BCUT2D eigenvalue weighted by molar-refractivity contribution is -0.131. The quantitative estimate of drug-likeness (QED) is 0.131. The van der Waals surface area contributed by atoms with Crippen LogP contribution >= 0.6 is 0 Å². The molecule has 0 rings (SSSR count). The molecule has 0 fully saturated rings. The van der Waals surface area contributed by atoms with Gasteiger partial charge in [0.1, 0.15) is 0 Å². The van der Waals surface area contributed by atoms with Gasteiger partial charge >= 0.3 is 0 Å². The van der Waals surface area contributed by atoms with Gasteiger partial charge in [-0.05, 0) is 60.5 Å². The Bertz CT molecular complexity index is 398. The van der Waals surface area contributed by atoms with Gasteiger partial charge in [-0.15, -0.1) is 0 Å². The summed E-state index contributed by atoms with van der Waals surface area (Å²) in [4.78, 5) is 19.3. The number of hydrogen-bond donors (Lipinski definition) is 0. The molecule has 0 atom stereocenters. The zero-order valence-electron chi connectivity index (χ0n) is 23.5. The summed E-state index contributed by atoms with van der Waals surface area (Å²) in [6, 6.07) is 0. The summed E-state index contributed by atoms with van der Waals surface area (Å²) in [6.45, 7) is 6.21. The number of amides is 1. The van der Waals surface area contributed by atoms with Crippen molar-refractivity contribution in [3.63, 3.8) is 0 Å². The Labute approximate surface area is 208 Å². The monoisotopic (exact) mass is 467 g/mol. The molecule has 0 saturated carbocycles. The average molecular weight is 468 g/mol. The van der Waals surface area contributed by atoms with Crippen LogP contribution in [0.4, 0.5) is 0 Å². The number of hydrogen-bond acceptors (Lipinski definition) is 3. The Morgan fingerprint density at radius 3 is 1.12 bits per heavy atom. The lowest BCUT2D eigenvalue weighted by Crippen LogP contribution is -2.35.